The Morgan fingerprint density at radius 2 is 1.56 bits per heavy atom. The van der Waals surface area contributed by atoms with E-state index in [0.717, 1.165) is 48.2 Å². The van der Waals surface area contributed by atoms with E-state index in [2.05, 4.69) is 16.0 Å². The first kappa shape index (κ1) is 17.1. The second-order valence-electron chi connectivity index (χ2n) is 6.92. The van der Waals surface area contributed by atoms with Crippen molar-refractivity contribution in [3.63, 3.8) is 0 Å². The van der Waals surface area contributed by atoms with E-state index in [4.69, 9.17) is 10.4 Å². The van der Waals surface area contributed by atoms with Gasteiger partial charge in [0.1, 0.15) is 5.41 Å². The van der Waals surface area contributed by atoms with Gasteiger partial charge in [0.15, 0.2) is 0 Å². The van der Waals surface area contributed by atoms with Gasteiger partial charge in [-0.25, -0.2) is 0 Å². The van der Waals surface area contributed by atoms with Crippen molar-refractivity contribution in [3.8, 4) is 6.07 Å². The molecule has 128 valence electrons. The molecule has 0 amide bonds. The van der Waals surface area contributed by atoms with Crippen molar-refractivity contribution in [2.24, 2.45) is 0 Å². The normalized spacial score (nSPS) is 18.3. The van der Waals surface area contributed by atoms with Crippen LogP contribution in [0.3, 0.4) is 0 Å². The summed E-state index contributed by atoms with van der Waals surface area (Å²) in [6, 6.07) is 10.0. The summed E-state index contributed by atoms with van der Waals surface area (Å²) in [5, 5.41) is 18.0. The van der Waals surface area contributed by atoms with Gasteiger partial charge >= 0.3 is 5.97 Å². The fourth-order valence-electron chi connectivity index (χ4n) is 3.18. The molecule has 2 saturated carbocycles. The molecule has 0 atom stereocenters. The molecule has 4 rings (SSSR count). The fourth-order valence-corrected chi connectivity index (χ4v) is 3.18. The van der Waals surface area contributed by atoms with Gasteiger partial charge in [-0.1, -0.05) is 12.1 Å². The van der Waals surface area contributed by atoms with Gasteiger partial charge in [-0.3, -0.25) is 14.8 Å². The molecule has 1 N–H and O–H groups in total. The molecule has 2 heterocycles. The Morgan fingerprint density at radius 1 is 1.04 bits per heavy atom. The van der Waals surface area contributed by atoms with Crippen molar-refractivity contribution in [1.82, 2.24) is 9.97 Å². The second kappa shape index (κ2) is 6.29. The average Bonchev–Trinajstić information content (AvgIpc) is 3.51. The quantitative estimate of drug-likeness (QED) is 0.928. The van der Waals surface area contributed by atoms with Crippen LogP contribution < -0.4 is 0 Å². The number of aromatic nitrogens is 2. The Labute approximate surface area is 147 Å². The van der Waals surface area contributed by atoms with Gasteiger partial charge in [-0.2, -0.15) is 5.26 Å². The van der Waals surface area contributed by atoms with E-state index in [1.807, 2.05) is 38.1 Å². The Kier molecular flexibility index (Phi) is 4.30. The standard InChI is InChI=1S/C10H10N2.C10H11NO2/c1-8-3-2-6-12-9(8)10(7-11)4-5-10;1-7-3-2-6-11-8(7)10(4-5-10)9(12)13/h2-3,6H,4-5H2,1H3;2-3,6H,4-5H2,1H3,(H,12,13). The molecule has 0 aromatic carbocycles. The zero-order valence-electron chi connectivity index (χ0n) is 14.5. The van der Waals surface area contributed by atoms with Crippen LogP contribution in [0, 0.1) is 25.2 Å². The lowest BCUT2D eigenvalue weighted by Crippen LogP contribution is -2.21. The van der Waals surface area contributed by atoms with E-state index in [1.54, 1.807) is 12.4 Å². The molecule has 2 aromatic rings. The van der Waals surface area contributed by atoms with Gasteiger partial charge in [-0.05, 0) is 62.8 Å². The van der Waals surface area contributed by atoms with Crippen LogP contribution in [-0.4, -0.2) is 21.0 Å². The smallest absolute Gasteiger partial charge is 0.315 e. The van der Waals surface area contributed by atoms with Crippen molar-refractivity contribution in [1.29, 1.82) is 5.26 Å². The minimum absolute atomic E-state index is 0.231. The minimum atomic E-state index is -0.741. The highest BCUT2D eigenvalue weighted by Gasteiger charge is 2.53. The first-order chi connectivity index (χ1) is 11.9. The second-order valence-corrected chi connectivity index (χ2v) is 6.92. The molecule has 2 aliphatic carbocycles. The first-order valence-corrected chi connectivity index (χ1v) is 8.44. The lowest BCUT2D eigenvalue weighted by Gasteiger charge is -2.10. The lowest BCUT2D eigenvalue weighted by atomic mass is 9.98. The number of aryl methyl sites for hydroxylation is 2. The maximum Gasteiger partial charge on any atom is 0.315 e. The lowest BCUT2D eigenvalue weighted by molar-refractivity contribution is -0.140. The average molecular weight is 335 g/mol. The number of nitrogens with zero attached hydrogens (tertiary/aromatic N) is 3. The van der Waals surface area contributed by atoms with E-state index in [0.29, 0.717) is 0 Å². The molecule has 2 fully saturated rings. The number of hydrogen-bond donors (Lipinski definition) is 1. The predicted octanol–water partition coefficient (Wildman–Crippen LogP) is 3.45. The van der Waals surface area contributed by atoms with Crippen molar-refractivity contribution < 1.29 is 9.90 Å². The molecular formula is C20H21N3O2. The zero-order valence-corrected chi connectivity index (χ0v) is 14.5. The molecule has 2 aromatic heterocycles. The summed E-state index contributed by atoms with van der Waals surface area (Å²) in [6.45, 7) is 3.92. The largest absolute Gasteiger partial charge is 0.481 e. The van der Waals surface area contributed by atoms with Crippen LogP contribution in [0.5, 0.6) is 0 Å². The van der Waals surface area contributed by atoms with Crippen molar-refractivity contribution in [2.45, 2.75) is 50.4 Å². The zero-order chi connectivity index (χ0) is 18.1. The van der Waals surface area contributed by atoms with Gasteiger partial charge in [0.05, 0.1) is 22.9 Å². The number of aliphatic carboxylic acids is 1. The summed E-state index contributed by atoms with van der Waals surface area (Å²) in [5.41, 5.74) is 2.94. The third-order valence-corrected chi connectivity index (χ3v) is 5.05. The molecule has 0 spiro atoms. The Bertz CT molecular complexity index is 846. The number of nitriles is 1. The van der Waals surface area contributed by atoms with Crippen LogP contribution >= 0.6 is 0 Å². The maximum absolute atomic E-state index is 11.0. The molecule has 0 saturated heterocycles. The Morgan fingerprint density at radius 3 is 1.92 bits per heavy atom. The number of pyridine rings is 2. The summed E-state index contributed by atoms with van der Waals surface area (Å²) in [7, 11) is 0. The molecule has 25 heavy (non-hydrogen) atoms. The van der Waals surface area contributed by atoms with E-state index in [1.165, 1.54) is 0 Å². The van der Waals surface area contributed by atoms with E-state index in [-0.39, 0.29) is 5.41 Å². The van der Waals surface area contributed by atoms with Crippen LogP contribution in [0.4, 0.5) is 0 Å². The topological polar surface area (TPSA) is 86.9 Å². The molecule has 5 heteroatoms. The monoisotopic (exact) mass is 335 g/mol. The van der Waals surface area contributed by atoms with Crippen molar-refractivity contribution in [3.05, 3.63) is 59.2 Å². The number of carboxylic acid groups (broad SMARTS) is 1. The van der Waals surface area contributed by atoms with Crippen LogP contribution in [0.2, 0.25) is 0 Å². The highest BCUT2D eigenvalue weighted by molar-refractivity contribution is 5.84. The van der Waals surface area contributed by atoms with Crippen LogP contribution in [0.15, 0.2) is 36.7 Å². The molecule has 0 unspecified atom stereocenters. The summed E-state index contributed by atoms with van der Waals surface area (Å²) < 4.78 is 0. The molecular weight excluding hydrogens is 314 g/mol. The molecule has 0 bridgehead atoms. The minimum Gasteiger partial charge on any atom is -0.481 e. The first-order valence-electron chi connectivity index (χ1n) is 8.44. The molecule has 2 aliphatic rings. The number of hydrogen-bond acceptors (Lipinski definition) is 4. The van der Waals surface area contributed by atoms with Gasteiger partial charge in [0.2, 0.25) is 0 Å². The summed E-state index contributed by atoms with van der Waals surface area (Å²) in [5.74, 6) is -0.741. The van der Waals surface area contributed by atoms with Crippen LogP contribution in [0.25, 0.3) is 0 Å². The van der Waals surface area contributed by atoms with Gasteiger partial charge in [-0.15, -0.1) is 0 Å². The number of carboxylic acids is 1. The van der Waals surface area contributed by atoms with Crippen LogP contribution in [-0.2, 0) is 15.6 Å². The summed E-state index contributed by atoms with van der Waals surface area (Å²) >= 11 is 0. The van der Waals surface area contributed by atoms with E-state index < -0.39 is 11.4 Å². The van der Waals surface area contributed by atoms with E-state index >= 15 is 0 Å². The fraction of sp³-hybridized carbons (Fsp3) is 0.400. The molecule has 0 radical (unpaired) electrons. The predicted molar refractivity (Wildman–Crippen MR) is 93.0 cm³/mol. The van der Waals surface area contributed by atoms with Crippen molar-refractivity contribution in [2.75, 3.05) is 0 Å². The van der Waals surface area contributed by atoms with Crippen LogP contribution in [0.1, 0.15) is 48.2 Å². The van der Waals surface area contributed by atoms with Crippen molar-refractivity contribution >= 4 is 5.97 Å². The SMILES string of the molecule is Cc1cccnc1C1(C#N)CC1.Cc1cccnc1C1(C(=O)O)CC1. The molecule has 0 aliphatic heterocycles. The van der Waals surface area contributed by atoms with E-state index in [9.17, 15) is 4.79 Å². The summed E-state index contributed by atoms with van der Waals surface area (Å²) in [6.07, 6.45) is 6.81. The third-order valence-electron chi connectivity index (χ3n) is 5.05. The number of carbonyl (C=O) groups is 1. The third kappa shape index (κ3) is 3.12. The van der Waals surface area contributed by atoms with Gasteiger partial charge < -0.3 is 5.11 Å². The highest BCUT2D eigenvalue weighted by Crippen LogP contribution is 2.48. The molecule has 5 nitrogen and oxygen atoms in total. The Hall–Kier alpha value is -2.74. The van der Waals surface area contributed by atoms with Gasteiger partial charge in [0, 0.05) is 12.4 Å². The highest BCUT2D eigenvalue weighted by atomic mass is 16.4. The summed E-state index contributed by atoms with van der Waals surface area (Å²) in [4.78, 5) is 19.4. The van der Waals surface area contributed by atoms with Gasteiger partial charge in [0.25, 0.3) is 0 Å². The Balaban J connectivity index is 0.000000146. The number of rotatable bonds is 3. The maximum atomic E-state index is 11.0.